The lowest BCUT2D eigenvalue weighted by Gasteiger charge is -2.17. The standard InChI is InChI=1S/C18H14Cl2N4O3/c1-27-13-5-2-11(3-6-13)22-8-9-23-16(22)21-17(25)24(18(23)26)12-4-7-14(19)15(20)10-12/h2-7,10H,8-9H2,1H3. The van der Waals surface area contributed by atoms with E-state index >= 15 is 0 Å². The Balaban J connectivity index is 1.81. The molecule has 4 rings (SSSR count). The quantitative estimate of drug-likeness (QED) is 0.671. The average Bonchev–Trinajstić information content (AvgIpc) is 3.08. The number of benzene rings is 2. The van der Waals surface area contributed by atoms with Crippen LogP contribution in [0.2, 0.25) is 10.0 Å². The van der Waals surface area contributed by atoms with Gasteiger partial charge in [-0.2, -0.15) is 4.98 Å². The predicted octanol–water partition coefficient (Wildman–Crippen LogP) is 2.86. The Hall–Kier alpha value is -2.77. The van der Waals surface area contributed by atoms with Gasteiger partial charge in [0, 0.05) is 18.8 Å². The maximum Gasteiger partial charge on any atom is 0.359 e. The van der Waals surface area contributed by atoms with Gasteiger partial charge in [0.2, 0.25) is 5.95 Å². The zero-order chi connectivity index (χ0) is 19.1. The molecule has 1 aliphatic rings. The Morgan fingerprint density at radius 3 is 2.33 bits per heavy atom. The van der Waals surface area contributed by atoms with Crippen LogP contribution >= 0.6 is 23.2 Å². The van der Waals surface area contributed by atoms with Crippen molar-refractivity contribution in [2.24, 2.45) is 0 Å². The summed E-state index contributed by atoms with van der Waals surface area (Å²) in [7, 11) is 1.59. The highest BCUT2D eigenvalue weighted by Gasteiger charge is 2.26. The molecule has 0 unspecified atom stereocenters. The fraction of sp³-hybridized carbons (Fsp3) is 0.167. The number of methoxy groups -OCH3 is 1. The van der Waals surface area contributed by atoms with Crippen LogP contribution < -0.4 is 21.0 Å². The Bertz CT molecular complexity index is 1140. The van der Waals surface area contributed by atoms with E-state index < -0.39 is 11.4 Å². The van der Waals surface area contributed by atoms with E-state index in [1.807, 2.05) is 29.2 Å². The first-order valence-electron chi connectivity index (χ1n) is 8.10. The van der Waals surface area contributed by atoms with Gasteiger partial charge < -0.3 is 9.64 Å². The Morgan fingerprint density at radius 1 is 0.963 bits per heavy atom. The highest BCUT2D eigenvalue weighted by Crippen LogP contribution is 2.28. The van der Waals surface area contributed by atoms with Gasteiger partial charge in [0.1, 0.15) is 5.75 Å². The van der Waals surface area contributed by atoms with Crippen molar-refractivity contribution in [3.63, 3.8) is 0 Å². The number of fused-ring (bicyclic) bond motifs is 1. The molecule has 0 saturated carbocycles. The zero-order valence-corrected chi connectivity index (χ0v) is 15.7. The first-order valence-corrected chi connectivity index (χ1v) is 8.86. The second kappa shape index (κ2) is 6.75. The number of hydrogen-bond acceptors (Lipinski definition) is 5. The molecule has 7 nitrogen and oxygen atoms in total. The smallest absolute Gasteiger partial charge is 0.359 e. The lowest BCUT2D eigenvalue weighted by Crippen LogP contribution is -2.40. The van der Waals surface area contributed by atoms with Gasteiger partial charge >= 0.3 is 11.4 Å². The van der Waals surface area contributed by atoms with Crippen molar-refractivity contribution in [3.8, 4) is 11.4 Å². The highest BCUT2D eigenvalue weighted by molar-refractivity contribution is 6.42. The molecule has 27 heavy (non-hydrogen) atoms. The molecule has 0 atom stereocenters. The first kappa shape index (κ1) is 17.6. The molecule has 0 aliphatic carbocycles. The van der Waals surface area contributed by atoms with Crippen LogP contribution in [0.25, 0.3) is 5.69 Å². The van der Waals surface area contributed by atoms with Crippen LogP contribution in [-0.2, 0) is 6.54 Å². The summed E-state index contributed by atoms with van der Waals surface area (Å²) in [4.78, 5) is 31.5. The fourth-order valence-electron chi connectivity index (χ4n) is 3.04. The van der Waals surface area contributed by atoms with Crippen LogP contribution in [0.5, 0.6) is 5.75 Å². The molecule has 3 aromatic rings. The van der Waals surface area contributed by atoms with E-state index in [2.05, 4.69) is 4.98 Å². The van der Waals surface area contributed by atoms with E-state index in [9.17, 15) is 9.59 Å². The lowest BCUT2D eigenvalue weighted by atomic mass is 10.3. The summed E-state index contributed by atoms with van der Waals surface area (Å²) in [5, 5.41) is 0.596. The number of aromatic nitrogens is 3. The molecule has 0 N–H and O–H groups in total. The minimum Gasteiger partial charge on any atom is -0.497 e. The topological polar surface area (TPSA) is 69.4 Å². The van der Waals surface area contributed by atoms with Gasteiger partial charge in [0.25, 0.3) is 0 Å². The molecule has 2 heterocycles. The molecular weight excluding hydrogens is 391 g/mol. The molecule has 0 amide bonds. The van der Waals surface area contributed by atoms with Crippen molar-refractivity contribution in [3.05, 3.63) is 73.5 Å². The van der Waals surface area contributed by atoms with E-state index in [1.165, 1.54) is 16.7 Å². The number of anilines is 2. The number of halogens is 2. The monoisotopic (exact) mass is 404 g/mol. The van der Waals surface area contributed by atoms with Crippen molar-refractivity contribution in [1.82, 2.24) is 14.1 Å². The minimum atomic E-state index is -0.676. The molecule has 0 fully saturated rings. The molecule has 1 aromatic heterocycles. The largest absolute Gasteiger partial charge is 0.497 e. The molecule has 1 aliphatic heterocycles. The summed E-state index contributed by atoms with van der Waals surface area (Å²) in [5.74, 6) is 1.03. The van der Waals surface area contributed by atoms with E-state index in [4.69, 9.17) is 27.9 Å². The van der Waals surface area contributed by atoms with Gasteiger partial charge in [-0.05, 0) is 42.5 Å². The van der Waals surface area contributed by atoms with E-state index in [-0.39, 0.29) is 5.02 Å². The van der Waals surface area contributed by atoms with Crippen molar-refractivity contribution in [1.29, 1.82) is 0 Å². The molecule has 0 bridgehead atoms. The van der Waals surface area contributed by atoms with E-state index in [1.54, 1.807) is 13.2 Å². The maximum absolute atomic E-state index is 12.9. The lowest BCUT2D eigenvalue weighted by molar-refractivity contribution is 0.415. The van der Waals surface area contributed by atoms with Crippen LogP contribution in [0, 0.1) is 0 Å². The first-order chi connectivity index (χ1) is 13.0. The Kier molecular flexibility index (Phi) is 4.41. The maximum atomic E-state index is 12.9. The summed E-state index contributed by atoms with van der Waals surface area (Å²) in [6, 6.07) is 11.9. The summed E-state index contributed by atoms with van der Waals surface area (Å²) < 4.78 is 7.62. The summed E-state index contributed by atoms with van der Waals surface area (Å²) in [5.41, 5.74) is -0.00446. The summed E-state index contributed by atoms with van der Waals surface area (Å²) >= 11 is 11.9. The van der Waals surface area contributed by atoms with Crippen LogP contribution in [0.15, 0.2) is 52.1 Å². The van der Waals surface area contributed by atoms with Crippen molar-refractivity contribution < 1.29 is 4.74 Å². The van der Waals surface area contributed by atoms with Crippen LogP contribution in [0.1, 0.15) is 0 Å². The van der Waals surface area contributed by atoms with Crippen molar-refractivity contribution in [2.75, 3.05) is 18.6 Å². The molecule has 138 valence electrons. The number of rotatable bonds is 3. The number of ether oxygens (including phenoxy) is 1. The van der Waals surface area contributed by atoms with Gasteiger partial charge in [0.05, 0.1) is 22.8 Å². The van der Waals surface area contributed by atoms with Crippen LogP contribution in [0.3, 0.4) is 0 Å². The normalized spacial score (nSPS) is 12.9. The Labute approximate surface area is 164 Å². The third kappa shape index (κ3) is 2.98. The number of nitrogens with zero attached hydrogens (tertiary/aromatic N) is 4. The molecule has 9 heteroatoms. The second-order valence-corrected chi connectivity index (χ2v) is 6.73. The Morgan fingerprint density at radius 2 is 1.67 bits per heavy atom. The van der Waals surface area contributed by atoms with Gasteiger partial charge in [-0.3, -0.25) is 4.57 Å². The minimum absolute atomic E-state index is 0.255. The van der Waals surface area contributed by atoms with Crippen LogP contribution in [-0.4, -0.2) is 27.8 Å². The van der Waals surface area contributed by atoms with Gasteiger partial charge in [-0.15, -0.1) is 0 Å². The molecular formula is C18H14Cl2N4O3. The van der Waals surface area contributed by atoms with Crippen molar-refractivity contribution >= 4 is 34.8 Å². The van der Waals surface area contributed by atoms with Gasteiger partial charge in [-0.1, -0.05) is 23.2 Å². The van der Waals surface area contributed by atoms with Gasteiger partial charge in [0.15, 0.2) is 0 Å². The van der Waals surface area contributed by atoms with E-state index in [0.717, 1.165) is 16.0 Å². The molecule has 0 radical (unpaired) electrons. The predicted molar refractivity (Wildman–Crippen MR) is 104 cm³/mol. The molecule has 0 spiro atoms. The fourth-order valence-corrected chi connectivity index (χ4v) is 3.33. The number of hydrogen-bond donors (Lipinski definition) is 0. The SMILES string of the molecule is COc1ccc(N2CCn3c2nc(=O)n(-c2ccc(Cl)c(Cl)c2)c3=O)cc1. The molecule has 0 saturated heterocycles. The average molecular weight is 405 g/mol. The van der Waals surface area contributed by atoms with Crippen molar-refractivity contribution in [2.45, 2.75) is 6.54 Å². The zero-order valence-electron chi connectivity index (χ0n) is 14.2. The summed E-state index contributed by atoms with van der Waals surface area (Å²) in [6.07, 6.45) is 0. The third-order valence-corrected chi connectivity index (χ3v) is 5.12. The third-order valence-electron chi connectivity index (χ3n) is 4.38. The molecule has 2 aromatic carbocycles. The highest BCUT2D eigenvalue weighted by atomic mass is 35.5. The summed E-state index contributed by atoms with van der Waals surface area (Å²) in [6.45, 7) is 0.939. The second-order valence-electron chi connectivity index (χ2n) is 5.91. The van der Waals surface area contributed by atoms with E-state index in [0.29, 0.717) is 29.7 Å². The van der Waals surface area contributed by atoms with Crippen LogP contribution in [0.4, 0.5) is 11.6 Å². The van der Waals surface area contributed by atoms with Gasteiger partial charge in [-0.25, -0.2) is 14.2 Å².